The average Bonchev–Trinajstić information content (AvgIpc) is 2.24. The smallest absolute Gasteiger partial charge is 0.235 e. The van der Waals surface area contributed by atoms with Gasteiger partial charge < -0.3 is 4.90 Å². The van der Waals surface area contributed by atoms with Gasteiger partial charge in [-0.1, -0.05) is 35.8 Å². The fraction of sp³-hybridized carbons (Fsp3) is 0.462. The summed E-state index contributed by atoms with van der Waals surface area (Å²) in [5.41, 5.74) is 0. The first kappa shape index (κ1) is 14.6. The second-order valence-corrected chi connectivity index (χ2v) is 6.60. The minimum Gasteiger partial charge on any atom is -0.348 e. The van der Waals surface area contributed by atoms with E-state index in [0.29, 0.717) is 5.92 Å². The number of thioether (sulfide) groups is 1. The van der Waals surface area contributed by atoms with E-state index in [4.69, 9.17) is 0 Å². The Morgan fingerprint density at radius 3 is 2.47 bits per heavy atom. The highest BCUT2D eigenvalue weighted by atomic mass is 79.9. The molecule has 0 aliphatic rings. The monoisotopic (exact) mass is 315 g/mol. The van der Waals surface area contributed by atoms with E-state index in [2.05, 4.69) is 29.8 Å². The highest BCUT2D eigenvalue weighted by Crippen LogP contribution is 2.30. The molecule has 4 heteroatoms. The van der Waals surface area contributed by atoms with Crippen LogP contribution in [0.2, 0.25) is 0 Å². The van der Waals surface area contributed by atoms with Crippen molar-refractivity contribution in [1.29, 1.82) is 0 Å². The van der Waals surface area contributed by atoms with Crippen LogP contribution < -0.4 is 0 Å². The van der Waals surface area contributed by atoms with Gasteiger partial charge in [-0.3, -0.25) is 4.79 Å². The zero-order valence-corrected chi connectivity index (χ0v) is 13.0. The van der Waals surface area contributed by atoms with Crippen LogP contribution in [0.1, 0.15) is 13.8 Å². The van der Waals surface area contributed by atoms with E-state index in [1.165, 1.54) is 0 Å². The zero-order chi connectivity index (χ0) is 13.0. The molecule has 0 N–H and O–H groups in total. The molecule has 17 heavy (non-hydrogen) atoms. The molecule has 0 bridgehead atoms. The van der Waals surface area contributed by atoms with E-state index in [0.717, 1.165) is 9.37 Å². The molecule has 1 aromatic carbocycles. The van der Waals surface area contributed by atoms with Crippen molar-refractivity contribution >= 4 is 33.6 Å². The normalized spacial score (nSPS) is 12.6. The van der Waals surface area contributed by atoms with Crippen LogP contribution in [-0.2, 0) is 4.79 Å². The molecule has 1 unspecified atom stereocenters. The van der Waals surface area contributed by atoms with Crippen LogP contribution in [0.5, 0.6) is 0 Å². The Bertz CT molecular complexity index is 393. The third-order valence-electron chi connectivity index (χ3n) is 2.35. The first-order chi connectivity index (χ1) is 7.91. The Morgan fingerprint density at radius 1 is 1.35 bits per heavy atom. The number of halogens is 1. The molecule has 0 saturated carbocycles. The van der Waals surface area contributed by atoms with Crippen LogP contribution in [0.15, 0.2) is 33.6 Å². The molecular formula is C13H18BrNOS. The molecule has 0 heterocycles. The van der Waals surface area contributed by atoms with Gasteiger partial charge in [0.15, 0.2) is 0 Å². The number of benzene rings is 1. The predicted octanol–water partition coefficient (Wildman–Crippen LogP) is 3.65. The molecule has 0 radical (unpaired) electrons. The number of hydrogen-bond acceptors (Lipinski definition) is 2. The summed E-state index contributed by atoms with van der Waals surface area (Å²) >= 11 is 5.07. The van der Waals surface area contributed by atoms with Crippen LogP contribution in [0.25, 0.3) is 0 Å². The van der Waals surface area contributed by atoms with Crippen molar-refractivity contribution in [2.75, 3.05) is 14.1 Å². The molecule has 2 nitrogen and oxygen atoms in total. The number of nitrogens with zero attached hydrogens (tertiary/aromatic N) is 1. The molecule has 1 amide bonds. The Hall–Kier alpha value is -0.480. The lowest BCUT2D eigenvalue weighted by molar-refractivity contribution is -0.128. The van der Waals surface area contributed by atoms with Crippen molar-refractivity contribution in [3.05, 3.63) is 28.7 Å². The molecule has 1 aromatic rings. The van der Waals surface area contributed by atoms with Gasteiger partial charge in [-0.15, -0.1) is 11.8 Å². The first-order valence-corrected chi connectivity index (χ1v) is 7.22. The largest absolute Gasteiger partial charge is 0.348 e. The maximum Gasteiger partial charge on any atom is 0.235 e. The summed E-state index contributed by atoms with van der Waals surface area (Å²) in [7, 11) is 3.61. The summed E-state index contributed by atoms with van der Waals surface area (Å²) in [5.74, 6) is 0.485. The number of hydrogen-bond donors (Lipinski definition) is 0. The molecule has 0 spiro atoms. The minimum absolute atomic E-state index is 0.0284. The maximum absolute atomic E-state index is 12.1. The molecule has 1 rings (SSSR count). The number of carbonyl (C=O) groups excluding carboxylic acids is 1. The van der Waals surface area contributed by atoms with Gasteiger partial charge in [0.2, 0.25) is 5.91 Å². The quantitative estimate of drug-likeness (QED) is 0.790. The Kier molecular flexibility index (Phi) is 5.53. The van der Waals surface area contributed by atoms with Gasteiger partial charge in [-0.05, 0) is 24.1 Å². The average molecular weight is 316 g/mol. The fourth-order valence-corrected chi connectivity index (χ4v) is 3.19. The molecule has 0 aromatic heterocycles. The fourth-order valence-electron chi connectivity index (χ4n) is 1.41. The molecule has 1 atom stereocenters. The molecule has 0 aliphatic heterocycles. The van der Waals surface area contributed by atoms with Gasteiger partial charge in [-0.2, -0.15) is 0 Å². The van der Waals surface area contributed by atoms with Crippen LogP contribution >= 0.6 is 27.7 Å². The SMILES string of the molecule is CC(C)C(Sc1cccc(Br)c1)C(=O)N(C)C. The third kappa shape index (κ3) is 4.36. The van der Waals surface area contributed by atoms with Gasteiger partial charge in [-0.25, -0.2) is 0 Å². The molecule has 0 aliphatic carbocycles. The van der Waals surface area contributed by atoms with Gasteiger partial charge >= 0.3 is 0 Å². The zero-order valence-electron chi connectivity index (χ0n) is 10.6. The van der Waals surface area contributed by atoms with Gasteiger partial charge in [0, 0.05) is 23.5 Å². The van der Waals surface area contributed by atoms with Gasteiger partial charge in [0.25, 0.3) is 0 Å². The summed E-state index contributed by atoms with van der Waals surface area (Å²) in [5, 5.41) is -0.0284. The second-order valence-electron chi connectivity index (χ2n) is 4.47. The van der Waals surface area contributed by atoms with E-state index >= 15 is 0 Å². The highest BCUT2D eigenvalue weighted by Gasteiger charge is 2.24. The van der Waals surface area contributed by atoms with E-state index in [1.807, 2.05) is 24.3 Å². The highest BCUT2D eigenvalue weighted by molar-refractivity contribution is 9.10. The maximum atomic E-state index is 12.1. The van der Waals surface area contributed by atoms with Crippen LogP contribution in [-0.4, -0.2) is 30.2 Å². The topological polar surface area (TPSA) is 20.3 Å². The standard InChI is InChI=1S/C13H18BrNOS/c1-9(2)12(13(16)15(3)4)17-11-7-5-6-10(14)8-11/h5-9,12H,1-4H3. The van der Waals surface area contributed by atoms with Crippen LogP contribution in [0.4, 0.5) is 0 Å². The van der Waals surface area contributed by atoms with E-state index < -0.39 is 0 Å². The lowest BCUT2D eigenvalue weighted by Gasteiger charge is -2.23. The van der Waals surface area contributed by atoms with Crippen molar-refractivity contribution in [2.24, 2.45) is 5.92 Å². The Morgan fingerprint density at radius 2 is 2.00 bits per heavy atom. The van der Waals surface area contributed by atoms with Crippen molar-refractivity contribution in [3.8, 4) is 0 Å². The van der Waals surface area contributed by atoms with Crippen molar-refractivity contribution in [3.63, 3.8) is 0 Å². The lowest BCUT2D eigenvalue weighted by Crippen LogP contribution is -2.34. The van der Waals surface area contributed by atoms with E-state index in [9.17, 15) is 4.79 Å². The summed E-state index contributed by atoms with van der Waals surface area (Å²) in [6.07, 6.45) is 0. The second kappa shape index (κ2) is 6.45. The molecule has 94 valence electrons. The van der Waals surface area contributed by atoms with Gasteiger partial charge in [0.1, 0.15) is 0 Å². The van der Waals surface area contributed by atoms with E-state index in [-0.39, 0.29) is 11.2 Å². The van der Waals surface area contributed by atoms with Gasteiger partial charge in [0.05, 0.1) is 5.25 Å². The first-order valence-electron chi connectivity index (χ1n) is 5.55. The van der Waals surface area contributed by atoms with E-state index in [1.54, 1.807) is 30.8 Å². The number of rotatable bonds is 4. The number of carbonyl (C=O) groups is 1. The minimum atomic E-state index is -0.0284. The summed E-state index contributed by atoms with van der Waals surface area (Å²) in [4.78, 5) is 14.8. The Labute approximate surface area is 116 Å². The summed E-state index contributed by atoms with van der Waals surface area (Å²) in [6, 6.07) is 8.06. The van der Waals surface area contributed by atoms with Crippen LogP contribution in [0, 0.1) is 5.92 Å². The van der Waals surface area contributed by atoms with Crippen LogP contribution in [0.3, 0.4) is 0 Å². The van der Waals surface area contributed by atoms with Crippen molar-refractivity contribution in [1.82, 2.24) is 4.90 Å². The summed E-state index contributed by atoms with van der Waals surface area (Å²) in [6.45, 7) is 4.16. The third-order valence-corrected chi connectivity index (χ3v) is 4.37. The van der Waals surface area contributed by atoms with Crippen molar-refractivity contribution < 1.29 is 4.79 Å². The summed E-state index contributed by atoms with van der Waals surface area (Å²) < 4.78 is 1.04. The lowest BCUT2D eigenvalue weighted by atomic mass is 10.1. The predicted molar refractivity (Wildman–Crippen MR) is 77.3 cm³/mol. The van der Waals surface area contributed by atoms with Crippen molar-refractivity contribution in [2.45, 2.75) is 24.0 Å². The Balaban J connectivity index is 2.84. The molecule has 0 saturated heterocycles. The number of amides is 1. The molecular weight excluding hydrogens is 298 g/mol. The molecule has 0 fully saturated rings.